The van der Waals surface area contributed by atoms with Gasteiger partial charge in [-0.05, 0) is 55.5 Å². The number of H-pyrrole nitrogens is 1. The van der Waals surface area contributed by atoms with E-state index in [2.05, 4.69) is 15.3 Å². The molecule has 2 heterocycles. The Kier molecular flexibility index (Phi) is 6.43. The van der Waals surface area contributed by atoms with Crippen LogP contribution in [-0.2, 0) is 11.2 Å². The smallest absolute Gasteiger partial charge is 0.237 e. The number of fused-ring (bicyclic) bond motifs is 1. The molecule has 0 unspecified atom stereocenters. The number of nitrogens with two attached hydrogens (primary N) is 1. The molecule has 170 valence electrons. The summed E-state index contributed by atoms with van der Waals surface area (Å²) < 4.78 is 20.6. The molecule has 8 heteroatoms. The second-order valence-electron chi connectivity index (χ2n) is 8.67. The van der Waals surface area contributed by atoms with Crippen molar-refractivity contribution < 1.29 is 19.0 Å². The van der Waals surface area contributed by atoms with Crippen LogP contribution in [0, 0.1) is 12.7 Å². The quantitative estimate of drug-likeness (QED) is 0.449. The highest BCUT2D eigenvalue weighted by atomic mass is 19.1. The fourth-order valence-corrected chi connectivity index (χ4v) is 4.39. The molecule has 1 aromatic carbocycles. The topological polar surface area (TPSA) is 113 Å². The molecule has 1 atom stereocenters. The number of nitrogens with one attached hydrogen (secondary N) is 2. The SMILES string of the molecule is Cc1c[nH]c2nccc(Oc3ccc(C[C@H](N)C(=O)NC4(CO)CCCCC4)cc3F)c12. The lowest BCUT2D eigenvalue weighted by atomic mass is 9.82. The van der Waals surface area contributed by atoms with Crippen molar-refractivity contribution in [3.63, 3.8) is 0 Å². The van der Waals surface area contributed by atoms with E-state index in [1.54, 1.807) is 24.4 Å². The van der Waals surface area contributed by atoms with Gasteiger partial charge in [-0.1, -0.05) is 25.3 Å². The van der Waals surface area contributed by atoms with E-state index in [9.17, 15) is 14.3 Å². The number of aromatic amines is 1. The van der Waals surface area contributed by atoms with E-state index in [1.165, 1.54) is 6.07 Å². The molecule has 1 aliphatic carbocycles. The molecule has 3 aromatic rings. The van der Waals surface area contributed by atoms with E-state index in [0.717, 1.165) is 43.1 Å². The number of ether oxygens (including phenoxy) is 1. The van der Waals surface area contributed by atoms with Crippen LogP contribution in [0.3, 0.4) is 0 Å². The second kappa shape index (κ2) is 9.26. The molecule has 0 bridgehead atoms. The number of aliphatic hydroxyl groups excluding tert-OH is 1. The molecule has 2 aromatic heterocycles. The number of aryl methyl sites for hydroxylation is 1. The van der Waals surface area contributed by atoms with Crippen molar-refractivity contribution in [2.45, 2.75) is 57.0 Å². The van der Waals surface area contributed by atoms with E-state index in [4.69, 9.17) is 10.5 Å². The largest absolute Gasteiger partial charge is 0.453 e. The standard InChI is InChI=1S/C24H29FN4O3/c1-15-13-28-22-21(15)20(7-10-27-22)32-19-6-5-16(11-17(19)25)12-18(26)23(31)29-24(14-30)8-3-2-4-9-24/h5-7,10-11,13,18,30H,2-4,8-9,12,14,26H2,1H3,(H,27,28)(H,29,31)/t18-/m0/s1. The Balaban J connectivity index is 1.44. The number of nitrogens with zero attached hydrogens (tertiary/aromatic N) is 1. The molecule has 0 saturated heterocycles. The minimum absolute atomic E-state index is 0.0845. The van der Waals surface area contributed by atoms with E-state index in [1.807, 2.05) is 13.1 Å². The number of halogens is 1. The van der Waals surface area contributed by atoms with Gasteiger partial charge in [0, 0.05) is 12.4 Å². The van der Waals surface area contributed by atoms with Crippen LogP contribution in [0.5, 0.6) is 11.5 Å². The second-order valence-corrected chi connectivity index (χ2v) is 8.67. The highest BCUT2D eigenvalue weighted by Crippen LogP contribution is 2.32. The third-order valence-corrected chi connectivity index (χ3v) is 6.24. The van der Waals surface area contributed by atoms with Gasteiger partial charge in [0.15, 0.2) is 11.6 Å². The van der Waals surface area contributed by atoms with Crippen molar-refractivity contribution in [2.75, 3.05) is 6.61 Å². The number of hydrogen-bond donors (Lipinski definition) is 4. The number of carbonyl (C=O) groups excluding carboxylic acids is 1. The van der Waals surface area contributed by atoms with Gasteiger partial charge in [0.25, 0.3) is 0 Å². The van der Waals surface area contributed by atoms with Crippen LogP contribution in [0.2, 0.25) is 0 Å². The lowest BCUT2D eigenvalue weighted by Crippen LogP contribution is -2.57. The third kappa shape index (κ3) is 4.61. The first-order valence-corrected chi connectivity index (χ1v) is 11.0. The average Bonchev–Trinajstić information content (AvgIpc) is 3.18. The van der Waals surface area contributed by atoms with Crippen LogP contribution >= 0.6 is 0 Å². The molecule has 1 saturated carbocycles. The summed E-state index contributed by atoms with van der Waals surface area (Å²) in [6.45, 7) is 1.82. The Morgan fingerprint density at radius 1 is 1.31 bits per heavy atom. The van der Waals surface area contributed by atoms with Crippen LogP contribution in [0.4, 0.5) is 4.39 Å². The van der Waals surface area contributed by atoms with Crippen molar-refractivity contribution in [3.8, 4) is 11.5 Å². The van der Waals surface area contributed by atoms with Crippen LogP contribution < -0.4 is 15.8 Å². The first kappa shape index (κ1) is 22.2. The summed E-state index contributed by atoms with van der Waals surface area (Å²) in [7, 11) is 0. The maximum absolute atomic E-state index is 14.8. The number of pyridine rings is 1. The van der Waals surface area contributed by atoms with E-state index < -0.39 is 17.4 Å². The molecule has 1 amide bonds. The summed E-state index contributed by atoms with van der Waals surface area (Å²) in [5.74, 6) is -0.268. The summed E-state index contributed by atoms with van der Waals surface area (Å²) in [4.78, 5) is 19.9. The number of aliphatic hydroxyl groups is 1. The number of benzene rings is 1. The molecular weight excluding hydrogens is 411 g/mol. The highest BCUT2D eigenvalue weighted by molar-refractivity contribution is 5.86. The number of hydrogen-bond acceptors (Lipinski definition) is 5. The lowest BCUT2D eigenvalue weighted by Gasteiger charge is -2.37. The Labute approximate surface area is 186 Å². The molecule has 5 N–H and O–H groups in total. The molecular formula is C24H29FN4O3. The van der Waals surface area contributed by atoms with Gasteiger partial charge in [0.2, 0.25) is 5.91 Å². The first-order chi connectivity index (χ1) is 15.4. The van der Waals surface area contributed by atoms with Gasteiger partial charge in [-0.2, -0.15) is 0 Å². The number of rotatable bonds is 7. The molecule has 32 heavy (non-hydrogen) atoms. The molecule has 1 fully saturated rings. The zero-order chi connectivity index (χ0) is 22.7. The lowest BCUT2D eigenvalue weighted by molar-refractivity contribution is -0.125. The zero-order valence-electron chi connectivity index (χ0n) is 18.2. The predicted octanol–water partition coefficient (Wildman–Crippen LogP) is 3.48. The number of amides is 1. The van der Waals surface area contributed by atoms with Crippen molar-refractivity contribution in [1.82, 2.24) is 15.3 Å². The van der Waals surface area contributed by atoms with Gasteiger partial charge in [0.1, 0.15) is 11.4 Å². The maximum Gasteiger partial charge on any atom is 0.237 e. The van der Waals surface area contributed by atoms with Crippen LogP contribution in [-0.4, -0.2) is 39.2 Å². The molecule has 0 spiro atoms. The molecule has 1 aliphatic rings. The normalized spacial score (nSPS) is 16.6. The monoisotopic (exact) mass is 440 g/mol. The fourth-order valence-electron chi connectivity index (χ4n) is 4.39. The first-order valence-electron chi connectivity index (χ1n) is 11.0. The van der Waals surface area contributed by atoms with Gasteiger partial charge >= 0.3 is 0 Å². The van der Waals surface area contributed by atoms with Crippen LogP contribution in [0.15, 0.2) is 36.7 Å². The third-order valence-electron chi connectivity index (χ3n) is 6.24. The van der Waals surface area contributed by atoms with Crippen LogP contribution in [0.1, 0.15) is 43.2 Å². The maximum atomic E-state index is 14.8. The van der Waals surface area contributed by atoms with Crippen molar-refractivity contribution in [2.24, 2.45) is 5.73 Å². The Morgan fingerprint density at radius 2 is 2.09 bits per heavy atom. The van der Waals surface area contributed by atoms with Gasteiger partial charge in [-0.15, -0.1) is 0 Å². The van der Waals surface area contributed by atoms with Crippen molar-refractivity contribution in [3.05, 3.63) is 53.6 Å². The minimum atomic E-state index is -0.839. The van der Waals surface area contributed by atoms with Crippen LogP contribution in [0.25, 0.3) is 11.0 Å². The fraction of sp³-hybridized carbons (Fsp3) is 0.417. The van der Waals surface area contributed by atoms with Gasteiger partial charge < -0.3 is 25.9 Å². The number of carbonyl (C=O) groups is 1. The number of aromatic nitrogens is 2. The molecule has 7 nitrogen and oxygen atoms in total. The summed E-state index contributed by atoms with van der Waals surface area (Å²) in [5, 5.41) is 13.5. The molecule has 0 aliphatic heterocycles. The molecule has 4 rings (SSSR count). The average molecular weight is 441 g/mol. The summed E-state index contributed by atoms with van der Waals surface area (Å²) in [6.07, 6.45) is 8.13. The van der Waals surface area contributed by atoms with Gasteiger partial charge in [0.05, 0.1) is 23.6 Å². The minimum Gasteiger partial charge on any atom is -0.453 e. The Morgan fingerprint density at radius 3 is 2.81 bits per heavy atom. The molecule has 0 radical (unpaired) electrons. The van der Waals surface area contributed by atoms with Gasteiger partial charge in [-0.3, -0.25) is 4.79 Å². The van der Waals surface area contributed by atoms with E-state index in [-0.39, 0.29) is 24.7 Å². The predicted molar refractivity (Wildman–Crippen MR) is 120 cm³/mol. The summed E-state index contributed by atoms with van der Waals surface area (Å²) in [5.41, 5.74) is 7.73. The van der Waals surface area contributed by atoms with E-state index in [0.29, 0.717) is 17.0 Å². The van der Waals surface area contributed by atoms with Crippen molar-refractivity contribution >= 4 is 16.9 Å². The van der Waals surface area contributed by atoms with Gasteiger partial charge in [-0.25, -0.2) is 9.37 Å². The Bertz CT molecular complexity index is 1110. The zero-order valence-corrected chi connectivity index (χ0v) is 18.2. The van der Waals surface area contributed by atoms with Crippen molar-refractivity contribution in [1.29, 1.82) is 0 Å². The summed E-state index contributed by atoms with van der Waals surface area (Å²) >= 11 is 0. The van der Waals surface area contributed by atoms with E-state index >= 15 is 0 Å². The Hall–Kier alpha value is -2.97. The highest BCUT2D eigenvalue weighted by Gasteiger charge is 2.34. The summed E-state index contributed by atoms with van der Waals surface area (Å²) in [6, 6.07) is 5.44.